The lowest BCUT2D eigenvalue weighted by molar-refractivity contribution is 0.0633. The number of likely N-dealkylation sites (N-methyl/N-ethyl adjacent to an activating group) is 1. The van der Waals surface area contributed by atoms with E-state index in [1.165, 1.54) is 0 Å². The van der Waals surface area contributed by atoms with Crippen molar-refractivity contribution in [2.75, 3.05) is 40.3 Å². The molecular formula is C15H29N5O. The van der Waals surface area contributed by atoms with Gasteiger partial charge in [-0.15, -0.1) is 0 Å². The van der Waals surface area contributed by atoms with Crippen LogP contribution in [0.2, 0.25) is 0 Å². The molecule has 1 aliphatic heterocycles. The van der Waals surface area contributed by atoms with E-state index in [4.69, 9.17) is 10.5 Å². The van der Waals surface area contributed by atoms with E-state index in [9.17, 15) is 0 Å². The highest BCUT2D eigenvalue weighted by Gasteiger charge is 2.32. The summed E-state index contributed by atoms with van der Waals surface area (Å²) in [5.74, 6) is 0.829. The molecule has 2 atom stereocenters. The molecule has 0 saturated carbocycles. The lowest BCUT2D eigenvalue weighted by Gasteiger charge is -2.42. The number of methoxy groups -OCH3 is 1. The van der Waals surface area contributed by atoms with E-state index >= 15 is 0 Å². The normalized spacial score (nSPS) is 22.5. The molecule has 1 saturated heterocycles. The number of nitrogens with zero attached hydrogens (tertiary/aromatic N) is 4. The monoisotopic (exact) mass is 295 g/mol. The summed E-state index contributed by atoms with van der Waals surface area (Å²) < 4.78 is 7.36. The highest BCUT2D eigenvalue weighted by atomic mass is 16.5. The zero-order valence-corrected chi connectivity index (χ0v) is 14.0. The second-order valence-corrected chi connectivity index (χ2v) is 5.92. The van der Waals surface area contributed by atoms with Crippen LogP contribution in [0.25, 0.3) is 0 Å². The number of hydrogen-bond acceptors (Lipinski definition) is 5. The Hall–Kier alpha value is -1.11. The van der Waals surface area contributed by atoms with E-state index in [0.29, 0.717) is 12.6 Å². The smallest absolute Gasteiger partial charge is 0.216 e. The molecule has 2 rings (SSSR count). The summed E-state index contributed by atoms with van der Waals surface area (Å²) in [4.78, 5) is 4.93. The van der Waals surface area contributed by atoms with Gasteiger partial charge in [0.2, 0.25) is 5.88 Å². The number of aromatic nitrogens is 2. The maximum atomic E-state index is 6.11. The minimum atomic E-state index is 0.177. The summed E-state index contributed by atoms with van der Waals surface area (Å²) in [5, 5.41) is 4.50. The first-order valence-corrected chi connectivity index (χ1v) is 7.75. The number of hydrogen-bond donors (Lipinski definition) is 1. The third-order valence-electron chi connectivity index (χ3n) is 4.68. The fraction of sp³-hybridized carbons (Fsp3) is 0.800. The lowest BCUT2D eigenvalue weighted by atomic mass is 10.0. The van der Waals surface area contributed by atoms with Crippen LogP contribution in [-0.4, -0.2) is 66.0 Å². The predicted molar refractivity (Wildman–Crippen MR) is 84.6 cm³/mol. The first-order valence-electron chi connectivity index (χ1n) is 7.75. The number of nitrogens with two attached hydrogens (primary N) is 1. The Labute approximate surface area is 127 Å². The van der Waals surface area contributed by atoms with Gasteiger partial charge in [-0.05, 0) is 20.4 Å². The molecule has 1 fully saturated rings. The molecule has 120 valence electrons. The van der Waals surface area contributed by atoms with E-state index in [2.05, 4.69) is 28.9 Å². The van der Waals surface area contributed by atoms with Crippen LogP contribution in [0.1, 0.15) is 30.6 Å². The topological polar surface area (TPSA) is 59.6 Å². The third kappa shape index (κ3) is 3.07. The van der Waals surface area contributed by atoms with Crippen LogP contribution in [-0.2, 0) is 7.05 Å². The highest BCUT2D eigenvalue weighted by Crippen LogP contribution is 2.32. The van der Waals surface area contributed by atoms with Gasteiger partial charge in [-0.25, -0.2) is 4.68 Å². The average Bonchev–Trinajstić information content (AvgIpc) is 2.75. The second kappa shape index (κ2) is 6.77. The number of rotatable bonds is 5. The average molecular weight is 295 g/mol. The van der Waals surface area contributed by atoms with Crippen molar-refractivity contribution < 1.29 is 4.74 Å². The van der Waals surface area contributed by atoms with Crippen LogP contribution < -0.4 is 10.5 Å². The Bertz CT molecular complexity index is 473. The van der Waals surface area contributed by atoms with Crippen LogP contribution >= 0.6 is 0 Å². The molecule has 6 heteroatoms. The largest absolute Gasteiger partial charge is 0.481 e. The zero-order valence-electron chi connectivity index (χ0n) is 14.0. The summed E-state index contributed by atoms with van der Waals surface area (Å²) in [6.07, 6.45) is 1.16. The first-order chi connectivity index (χ1) is 10.0. The van der Waals surface area contributed by atoms with Gasteiger partial charge in [-0.3, -0.25) is 4.90 Å². The molecular weight excluding hydrogens is 266 g/mol. The SMILES string of the molecule is CCC1CN(C(CN)c2c(C)nn(C)c2OC)CCN1C. The number of piperazine rings is 1. The fourth-order valence-electron chi connectivity index (χ4n) is 3.42. The Morgan fingerprint density at radius 3 is 2.67 bits per heavy atom. The molecule has 21 heavy (non-hydrogen) atoms. The van der Waals surface area contributed by atoms with E-state index in [-0.39, 0.29) is 6.04 Å². The molecule has 0 spiro atoms. The molecule has 6 nitrogen and oxygen atoms in total. The minimum absolute atomic E-state index is 0.177. The molecule has 0 aromatic carbocycles. The highest BCUT2D eigenvalue weighted by molar-refractivity contribution is 5.34. The van der Waals surface area contributed by atoms with Gasteiger partial charge in [0.25, 0.3) is 0 Å². The van der Waals surface area contributed by atoms with Crippen molar-refractivity contribution in [2.24, 2.45) is 12.8 Å². The molecule has 2 unspecified atom stereocenters. The van der Waals surface area contributed by atoms with Gasteiger partial charge in [0, 0.05) is 39.3 Å². The van der Waals surface area contributed by atoms with Gasteiger partial charge in [0.05, 0.1) is 24.4 Å². The standard InChI is InChI=1S/C15H29N5O/c1-6-12-10-20(8-7-18(12)3)13(9-16)14-11(2)17-19(4)15(14)21-5/h12-13H,6-10,16H2,1-5H3. The maximum Gasteiger partial charge on any atom is 0.216 e. The molecule has 2 N–H and O–H groups in total. The van der Waals surface area contributed by atoms with Crippen molar-refractivity contribution in [3.8, 4) is 5.88 Å². The minimum Gasteiger partial charge on any atom is -0.481 e. The van der Waals surface area contributed by atoms with Gasteiger partial charge < -0.3 is 15.4 Å². The summed E-state index contributed by atoms with van der Waals surface area (Å²) in [5.41, 5.74) is 8.26. The molecule has 0 aliphatic carbocycles. The molecule has 0 radical (unpaired) electrons. The Balaban J connectivity index is 2.28. The second-order valence-electron chi connectivity index (χ2n) is 5.92. The van der Waals surface area contributed by atoms with Crippen molar-refractivity contribution in [1.82, 2.24) is 19.6 Å². The molecule has 1 aromatic rings. The van der Waals surface area contributed by atoms with E-state index in [1.54, 1.807) is 11.8 Å². The summed E-state index contributed by atoms with van der Waals surface area (Å²) in [6.45, 7) is 8.03. The van der Waals surface area contributed by atoms with Gasteiger partial charge in [-0.2, -0.15) is 5.10 Å². The molecule has 1 aliphatic rings. The van der Waals surface area contributed by atoms with Crippen LogP contribution in [0.5, 0.6) is 5.88 Å². The lowest BCUT2D eigenvalue weighted by Crippen LogP contribution is -2.53. The Morgan fingerprint density at radius 1 is 1.38 bits per heavy atom. The molecule has 0 bridgehead atoms. The van der Waals surface area contributed by atoms with Crippen molar-refractivity contribution in [3.63, 3.8) is 0 Å². The van der Waals surface area contributed by atoms with E-state index in [0.717, 1.165) is 43.2 Å². The van der Waals surface area contributed by atoms with Crippen LogP contribution in [0.4, 0.5) is 0 Å². The van der Waals surface area contributed by atoms with Crippen LogP contribution in [0.3, 0.4) is 0 Å². The van der Waals surface area contributed by atoms with E-state index < -0.39 is 0 Å². The van der Waals surface area contributed by atoms with Gasteiger partial charge >= 0.3 is 0 Å². The number of aryl methyl sites for hydroxylation is 2. The van der Waals surface area contributed by atoms with Gasteiger partial charge in [0.15, 0.2) is 0 Å². The van der Waals surface area contributed by atoms with Gasteiger partial charge in [-0.1, -0.05) is 6.92 Å². The van der Waals surface area contributed by atoms with Crippen molar-refractivity contribution in [3.05, 3.63) is 11.3 Å². The van der Waals surface area contributed by atoms with Crippen molar-refractivity contribution in [2.45, 2.75) is 32.4 Å². The zero-order chi connectivity index (χ0) is 15.6. The molecule has 0 amide bonds. The van der Waals surface area contributed by atoms with Crippen molar-refractivity contribution in [1.29, 1.82) is 0 Å². The quantitative estimate of drug-likeness (QED) is 0.869. The fourth-order valence-corrected chi connectivity index (χ4v) is 3.42. The third-order valence-corrected chi connectivity index (χ3v) is 4.68. The summed E-state index contributed by atoms with van der Waals surface area (Å²) in [6, 6.07) is 0.771. The summed E-state index contributed by atoms with van der Waals surface area (Å²) in [7, 11) is 5.83. The van der Waals surface area contributed by atoms with E-state index in [1.807, 2.05) is 14.0 Å². The van der Waals surface area contributed by atoms with Gasteiger partial charge in [0.1, 0.15) is 0 Å². The van der Waals surface area contributed by atoms with Crippen LogP contribution in [0, 0.1) is 6.92 Å². The molecule has 1 aromatic heterocycles. The Kier molecular flexibility index (Phi) is 5.24. The van der Waals surface area contributed by atoms with Crippen LogP contribution in [0.15, 0.2) is 0 Å². The first kappa shape index (κ1) is 16.3. The van der Waals surface area contributed by atoms with Crippen molar-refractivity contribution >= 4 is 0 Å². The summed E-state index contributed by atoms with van der Waals surface area (Å²) >= 11 is 0. The predicted octanol–water partition coefficient (Wildman–Crippen LogP) is 0.763. The maximum absolute atomic E-state index is 6.11. The Morgan fingerprint density at radius 2 is 2.10 bits per heavy atom. The molecule has 2 heterocycles. The number of ether oxygens (including phenoxy) is 1.